The third-order valence-corrected chi connectivity index (χ3v) is 2.56. The first-order valence-electron chi connectivity index (χ1n) is 5.63. The van der Waals surface area contributed by atoms with Gasteiger partial charge in [-0.3, -0.25) is 9.89 Å². The van der Waals surface area contributed by atoms with Gasteiger partial charge < -0.3 is 11.1 Å². The maximum atomic E-state index is 11.6. The van der Waals surface area contributed by atoms with Gasteiger partial charge in [0.1, 0.15) is 5.82 Å². The van der Waals surface area contributed by atoms with Gasteiger partial charge in [0.2, 0.25) is 5.82 Å². The molecule has 0 aromatic carbocycles. The van der Waals surface area contributed by atoms with Crippen molar-refractivity contribution in [2.75, 3.05) is 6.54 Å². The van der Waals surface area contributed by atoms with Crippen molar-refractivity contribution in [2.45, 2.75) is 38.1 Å². The number of H-pyrrole nitrogens is 1. The second-order valence-electron chi connectivity index (χ2n) is 4.34. The second-order valence-corrected chi connectivity index (χ2v) is 4.34. The van der Waals surface area contributed by atoms with Gasteiger partial charge in [0, 0.05) is 18.5 Å². The molecule has 1 fully saturated rings. The third kappa shape index (κ3) is 2.79. The summed E-state index contributed by atoms with van der Waals surface area (Å²) < 4.78 is 0. The van der Waals surface area contributed by atoms with E-state index in [9.17, 15) is 4.79 Å². The first-order valence-corrected chi connectivity index (χ1v) is 5.63. The molecule has 1 aromatic rings. The Morgan fingerprint density at radius 1 is 1.69 bits per heavy atom. The minimum absolute atomic E-state index is 0.0921. The van der Waals surface area contributed by atoms with Crippen molar-refractivity contribution in [1.29, 1.82) is 0 Å². The normalized spacial score (nSPS) is 17.1. The highest BCUT2D eigenvalue weighted by atomic mass is 16.2. The van der Waals surface area contributed by atoms with Gasteiger partial charge in [-0.1, -0.05) is 0 Å². The molecule has 0 bridgehead atoms. The van der Waals surface area contributed by atoms with Crippen LogP contribution >= 0.6 is 0 Å². The van der Waals surface area contributed by atoms with Crippen LogP contribution in [0.25, 0.3) is 0 Å². The quantitative estimate of drug-likeness (QED) is 0.662. The van der Waals surface area contributed by atoms with Crippen molar-refractivity contribution in [3.8, 4) is 0 Å². The van der Waals surface area contributed by atoms with E-state index in [1.54, 1.807) is 0 Å². The molecule has 0 spiro atoms. The van der Waals surface area contributed by atoms with Crippen LogP contribution in [-0.4, -0.2) is 33.7 Å². The number of aromatic nitrogens is 3. The van der Waals surface area contributed by atoms with Gasteiger partial charge in [-0.05, 0) is 26.2 Å². The minimum atomic E-state index is -0.233. The highest BCUT2D eigenvalue weighted by molar-refractivity contribution is 5.90. The fourth-order valence-electron chi connectivity index (χ4n) is 1.41. The van der Waals surface area contributed by atoms with Crippen molar-refractivity contribution < 1.29 is 4.79 Å². The van der Waals surface area contributed by atoms with Crippen LogP contribution in [0.2, 0.25) is 0 Å². The van der Waals surface area contributed by atoms with E-state index in [-0.39, 0.29) is 17.8 Å². The van der Waals surface area contributed by atoms with Gasteiger partial charge in [-0.2, -0.15) is 0 Å². The maximum Gasteiger partial charge on any atom is 0.290 e. The maximum absolute atomic E-state index is 11.6. The number of carbonyl (C=O) groups excluding carboxylic acids is 1. The largest absolute Gasteiger partial charge is 0.349 e. The summed E-state index contributed by atoms with van der Waals surface area (Å²) in [5, 5.41) is 9.44. The molecule has 1 aliphatic carbocycles. The molecular formula is C10H17N5O. The zero-order valence-corrected chi connectivity index (χ0v) is 9.36. The van der Waals surface area contributed by atoms with Crippen LogP contribution in [0.1, 0.15) is 48.5 Å². The molecule has 16 heavy (non-hydrogen) atoms. The lowest BCUT2D eigenvalue weighted by Crippen LogP contribution is -2.29. The first kappa shape index (κ1) is 11.1. The van der Waals surface area contributed by atoms with E-state index in [1.807, 2.05) is 6.92 Å². The Hall–Kier alpha value is -1.43. The Labute approximate surface area is 94.0 Å². The Bertz CT molecular complexity index is 369. The van der Waals surface area contributed by atoms with Crippen molar-refractivity contribution in [3.63, 3.8) is 0 Å². The molecule has 88 valence electrons. The number of hydrogen-bond donors (Lipinski definition) is 3. The predicted octanol–water partition coefficient (Wildman–Crippen LogP) is 0.149. The van der Waals surface area contributed by atoms with Crippen molar-refractivity contribution >= 4 is 5.91 Å². The van der Waals surface area contributed by atoms with E-state index >= 15 is 0 Å². The molecule has 1 aliphatic rings. The molecule has 0 saturated heterocycles. The predicted molar refractivity (Wildman–Crippen MR) is 59.0 cm³/mol. The van der Waals surface area contributed by atoms with E-state index in [2.05, 4.69) is 20.5 Å². The monoisotopic (exact) mass is 223 g/mol. The summed E-state index contributed by atoms with van der Waals surface area (Å²) in [6, 6.07) is 0.0921. The van der Waals surface area contributed by atoms with E-state index < -0.39 is 0 Å². The molecule has 1 unspecified atom stereocenters. The number of nitrogens with one attached hydrogen (secondary N) is 2. The van der Waals surface area contributed by atoms with Crippen LogP contribution in [0.4, 0.5) is 0 Å². The van der Waals surface area contributed by atoms with E-state index in [0.29, 0.717) is 12.5 Å². The van der Waals surface area contributed by atoms with Gasteiger partial charge in [0.25, 0.3) is 5.91 Å². The van der Waals surface area contributed by atoms with Crippen LogP contribution in [0, 0.1) is 0 Å². The van der Waals surface area contributed by atoms with Gasteiger partial charge >= 0.3 is 0 Å². The van der Waals surface area contributed by atoms with Crippen LogP contribution in [0.15, 0.2) is 0 Å². The molecule has 1 atom stereocenters. The van der Waals surface area contributed by atoms with Crippen molar-refractivity contribution in [1.82, 2.24) is 20.5 Å². The van der Waals surface area contributed by atoms with E-state index in [0.717, 1.165) is 25.1 Å². The smallest absolute Gasteiger partial charge is 0.290 e. The second kappa shape index (κ2) is 4.61. The Kier molecular flexibility index (Phi) is 3.19. The number of carbonyl (C=O) groups is 1. The molecule has 1 saturated carbocycles. The highest BCUT2D eigenvalue weighted by Crippen LogP contribution is 2.37. The van der Waals surface area contributed by atoms with Crippen LogP contribution in [0.5, 0.6) is 0 Å². The molecule has 1 amide bonds. The molecule has 0 aliphatic heterocycles. The Morgan fingerprint density at radius 2 is 2.44 bits per heavy atom. The molecule has 4 N–H and O–H groups in total. The molecule has 6 nitrogen and oxygen atoms in total. The third-order valence-electron chi connectivity index (χ3n) is 2.56. The Balaban J connectivity index is 1.83. The number of rotatable bonds is 5. The molecule has 1 heterocycles. The van der Waals surface area contributed by atoms with Crippen LogP contribution < -0.4 is 11.1 Å². The minimum Gasteiger partial charge on any atom is -0.349 e. The van der Waals surface area contributed by atoms with Crippen LogP contribution in [-0.2, 0) is 0 Å². The lowest BCUT2D eigenvalue weighted by molar-refractivity contribution is 0.0943. The van der Waals surface area contributed by atoms with Gasteiger partial charge in [0.15, 0.2) is 0 Å². The van der Waals surface area contributed by atoms with Crippen molar-refractivity contribution in [3.05, 3.63) is 11.6 Å². The summed E-state index contributed by atoms with van der Waals surface area (Å²) in [6.45, 7) is 2.47. The molecule has 0 radical (unpaired) electrons. The lowest BCUT2D eigenvalue weighted by atomic mass is 10.2. The van der Waals surface area contributed by atoms with Crippen LogP contribution in [0.3, 0.4) is 0 Å². The standard InChI is InChI=1S/C10H17N5O/c1-6(11)4-5-12-10(16)9-13-8(14-15-9)7-2-3-7/h6-7H,2-5,11H2,1H3,(H,12,16)(H,13,14,15). The average molecular weight is 223 g/mol. The summed E-state index contributed by atoms with van der Waals surface area (Å²) in [4.78, 5) is 15.7. The SMILES string of the molecule is CC(N)CCNC(=O)c1n[nH]c(C2CC2)n1. The van der Waals surface area contributed by atoms with Gasteiger partial charge in [0.05, 0.1) is 0 Å². The zero-order valence-electron chi connectivity index (χ0n) is 9.36. The van der Waals surface area contributed by atoms with E-state index in [1.165, 1.54) is 0 Å². The lowest BCUT2D eigenvalue weighted by Gasteiger charge is -2.04. The fraction of sp³-hybridized carbons (Fsp3) is 0.700. The van der Waals surface area contributed by atoms with Crippen molar-refractivity contribution in [2.24, 2.45) is 5.73 Å². The Morgan fingerprint density at radius 3 is 3.06 bits per heavy atom. The first-order chi connectivity index (χ1) is 7.66. The summed E-state index contributed by atoms with van der Waals surface area (Å²) in [7, 11) is 0. The summed E-state index contributed by atoms with van der Waals surface area (Å²) >= 11 is 0. The summed E-state index contributed by atoms with van der Waals surface area (Å²) in [5.74, 6) is 1.31. The number of amides is 1. The molecular weight excluding hydrogens is 206 g/mol. The number of nitrogens with zero attached hydrogens (tertiary/aromatic N) is 2. The summed E-state index contributed by atoms with van der Waals surface area (Å²) in [5.41, 5.74) is 5.58. The number of nitrogens with two attached hydrogens (primary N) is 1. The zero-order chi connectivity index (χ0) is 11.5. The van der Waals surface area contributed by atoms with Gasteiger partial charge in [-0.25, -0.2) is 4.98 Å². The topological polar surface area (TPSA) is 96.7 Å². The summed E-state index contributed by atoms with van der Waals surface area (Å²) in [6.07, 6.45) is 3.04. The molecule has 6 heteroatoms. The number of aromatic amines is 1. The highest BCUT2D eigenvalue weighted by Gasteiger charge is 2.28. The van der Waals surface area contributed by atoms with Gasteiger partial charge in [-0.15, -0.1) is 5.10 Å². The molecule has 1 aromatic heterocycles. The number of hydrogen-bond acceptors (Lipinski definition) is 4. The molecule has 2 rings (SSSR count). The average Bonchev–Trinajstić information content (AvgIpc) is 2.96. The fourth-order valence-corrected chi connectivity index (χ4v) is 1.41. The van der Waals surface area contributed by atoms with E-state index in [4.69, 9.17) is 5.73 Å².